The number of nitrogens with zero attached hydrogens (tertiary/aromatic N) is 2. The Balaban J connectivity index is 2.10. The fraction of sp³-hybridized carbons (Fsp3) is 0.0667. The van der Waals surface area contributed by atoms with Crippen molar-refractivity contribution in [3.8, 4) is 21.7 Å². The van der Waals surface area contributed by atoms with Gasteiger partial charge in [-0.15, -0.1) is 0 Å². The van der Waals surface area contributed by atoms with Gasteiger partial charge in [0.25, 0.3) is 5.69 Å². The summed E-state index contributed by atoms with van der Waals surface area (Å²) in [6.45, 7) is 0. The fourth-order valence-corrected chi connectivity index (χ4v) is 3.53. The molecule has 0 saturated heterocycles. The van der Waals surface area contributed by atoms with E-state index in [-0.39, 0.29) is 4.90 Å². The molecule has 0 aliphatic rings. The molecule has 8 heteroatoms. The predicted octanol–water partition coefficient (Wildman–Crippen LogP) is 2.65. The Bertz CT molecular complexity index is 949. The number of hydrogen-bond acceptors (Lipinski definition) is 5. The number of aromatic nitrogens is 2. The standard InChI is InChI=1S/C15H11FN2O3S2/c1-23(20,21)13-8-4-11(5-9-13)15-14(18(19)17-22-15)10-2-6-12(16)7-3-10/h2-9H,1H3. The van der Waals surface area contributed by atoms with Gasteiger partial charge in [-0.25, -0.2) is 12.8 Å². The zero-order valence-corrected chi connectivity index (χ0v) is 13.6. The number of rotatable bonds is 3. The van der Waals surface area contributed by atoms with E-state index in [0.717, 1.165) is 17.8 Å². The molecule has 0 fully saturated rings. The average Bonchev–Trinajstić information content (AvgIpc) is 2.89. The Labute approximate surface area is 136 Å². The zero-order valence-electron chi connectivity index (χ0n) is 11.9. The number of hydrogen-bond donors (Lipinski definition) is 0. The normalized spacial score (nSPS) is 11.6. The first-order chi connectivity index (χ1) is 10.9. The van der Waals surface area contributed by atoms with E-state index in [9.17, 15) is 18.0 Å². The third-order valence-corrected chi connectivity index (χ3v) is 5.25. The van der Waals surface area contributed by atoms with E-state index in [4.69, 9.17) is 0 Å². The van der Waals surface area contributed by atoms with Crippen LogP contribution in [0.2, 0.25) is 0 Å². The lowest BCUT2D eigenvalue weighted by atomic mass is 10.1. The molecule has 5 nitrogen and oxygen atoms in total. The summed E-state index contributed by atoms with van der Waals surface area (Å²) in [5, 5.41) is 12.0. The van der Waals surface area contributed by atoms with E-state index >= 15 is 0 Å². The lowest BCUT2D eigenvalue weighted by molar-refractivity contribution is -0.649. The molecule has 0 spiro atoms. The van der Waals surface area contributed by atoms with Crippen LogP contribution in [0.4, 0.5) is 4.39 Å². The summed E-state index contributed by atoms with van der Waals surface area (Å²) < 4.78 is 39.8. The molecule has 118 valence electrons. The van der Waals surface area contributed by atoms with Gasteiger partial charge in [0, 0.05) is 23.4 Å². The molecule has 3 rings (SSSR count). The molecular weight excluding hydrogens is 339 g/mol. The molecule has 0 bridgehead atoms. The maximum absolute atomic E-state index is 13.1. The Morgan fingerprint density at radius 1 is 1.04 bits per heavy atom. The Hall–Kier alpha value is -2.32. The van der Waals surface area contributed by atoms with Crippen molar-refractivity contribution in [1.82, 2.24) is 4.49 Å². The van der Waals surface area contributed by atoms with Crippen LogP contribution in [0.5, 0.6) is 0 Å². The molecule has 0 amide bonds. The average molecular weight is 350 g/mol. The summed E-state index contributed by atoms with van der Waals surface area (Å²) >= 11 is 0.999. The van der Waals surface area contributed by atoms with Crippen LogP contribution in [-0.4, -0.2) is 19.2 Å². The first-order valence-electron chi connectivity index (χ1n) is 6.52. The van der Waals surface area contributed by atoms with Gasteiger partial charge < -0.3 is 5.21 Å². The largest absolute Gasteiger partial charge is 0.593 e. The van der Waals surface area contributed by atoms with E-state index in [1.54, 1.807) is 12.1 Å². The van der Waals surface area contributed by atoms with Gasteiger partial charge in [-0.3, -0.25) is 0 Å². The molecule has 0 atom stereocenters. The maximum atomic E-state index is 13.1. The van der Waals surface area contributed by atoms with Gasteiger partial charge in [0.05, 0.1) is 14.9 Å². The van der Waals surface area contributed by atoms with Crippen LogP contribution in [0.25, 0.3) is 21.7 Å². The summed E-state index contributed by atoms with van der Waals surface area (Å²) in [6.07, 6.45) is 1.13. The van der Waals surface area contributed by atoms with Crippen LogP contribution in [-0.2, 0) is 9.84 Å². The molecule has 0 aliphatic carbocycles. The van der Waals surface area contributed by atoms with Gasteiger partial charge in [-0.1, -0.05) is 12.1 Å². The van der Waals surface area contributed by atoms with Crippen LogP contribution in [0, 0.1) is 11.0 Å². The summed E-state index contributed by atoms with van der Waals surface area (Å²) in [7, 11) is -3.28. The van der Waals surface area contributed by atoms with Gasteiger partial charge in [-0.05, 0) is 41.2 Å². The molecule has 0 N–H and O–H groups in total. The van der Waals surface area contributed by atoms with E-state index < -0.39 is 15.7 Å². The van der Waals surface area contributed by atoms with Crippen LogP contribution in [0.3, 0.4) is 0 Å². The van der Waals surface area contributed by atoms with Gasteiger partial charge in [0.2, 0.25) is 0 Å². The molecule has 0 aliphatic heterocycles. The highest BCUT2D eigenvalue weighted by atomic mass is 32.2. The zero-order chi connectivity index (χ0) is 16.6. The van der Waals surface area contributed by atoms with Crippen molar-refractivity contribution < 1.29 is 17.7 Å². The molecule has 1 heterocycles. The smallest absolute Gasteiger partial charge is 0.272 e. The molecular formula is C15H11FN2O3S2. The van der Waals surface area contributed by atoms with Gasteiger partial charge in [0.1, 0.15) is 10.7 Å². The van der Waals surface area contributed by atoms with Crippen molar-refractivity contribution in [2.24, 2.45) is 0 Å². The first-order valence-corrected chi connectivity index (χ1v) is 9.19. The summed E-state index contributed by atoms with van der Waals surface area (Å²) in [6, 6.07) is 11.7. The van der Waals surface area contributed by atoms with Crippen LogP contribution < -0.4 is 4.85 Å². The monoisotopic (exact) mass is 350 g/mol. The van der Waals surface area contributed by atoms with E-state index in [2.05, 4.69) is 4.49 Å². The van der Waals surface area contributed by atoms with Crippen molar-refractivity contribution in [3.05, 3.63) is 59.6 Å². The Morgan fingerprint density at radius 3 is 2.17 bits per heavy atom. The molecule has 0 saturated carbocycles. The lowest BCUT2D eigenvalue weighted by Gasteiger charge is -2.02. The number of benzene rings is 2. The van der Waals surface area contributed by atoms with Gasteiger partial charge in [-0.2, -0.15) is 0 Å². The summed E-state index contributed by atoms with van der Waals surface area (Å²) in [4.78, 5) is 1.27. The minimum absolute atomic E-state index is 0.198. The maximum Gasteiger partial charge on any atom is 0.272 e. The third kappa shape index (κ3) is 3.08. The van der Waals surface area contributed by atoms with Crippen molar-refractivity contribution in [3.63, 3.8) is 0 Å². The van der Waals surface area contributed by atoms with Crippen molar-refractivity contribution in [1.29, 1.82) is 0 Å². The van der Waals surface area contributed by atoms with E-state index in [1.807, 2.05) is 0 Å². The van der Waals surface area contributed by atoms with Crippen LogP contribution >= 0.6 is 11.5 Å². The lowest BCUT2D eigenvalue weighted by Crippen LogP contribution is -2.29. The molecule has 0 unspecified atom stereocenters. The fourth-order valence-electron chi connectivity index (χ4n) is 2.14. The molecule has 2 aromatic carbocycles. The minimum atomic E-state index is -3.28. The highest BCUT2D eigenvalue weighted by molar-refractivity contribution is 7.90. The molecule has 23 heavy (non-hydrogen) atoms. The Kier molecular flexibility index (Phi) is 3.87. The second kappa shape index (κ2) is 5.71. The van der Waals surface area contributed by atoms with E-state index in [1.165, 1.54) is 36.4 Å². The highest BCUT2D eigenvalue weighted by Crippen LogP contribution is 2.32. The third-order valence-electron chi connectivity index (χ3n) is 3.27. The molecule has 3 aromatic rings. The SMILES string of the molecule is CS(=O)(=O)c1ccc(-c2sn[n+]([O-])c2-c2ccc(F)cc2)cc1. The van der Waals surface area contributed by atoms with Crippen molar-refractivity contribution >= 4 is 21.4 Å². The Morgan fingerprint density at radius 2 is 1.61 bits per heavy atom. The molecule has 1 aromatic heterocycles. The topological polar surface area (TPSA) is 74.0 Å². The molecule has 0 radical (unpaired) electrons. The van der Waals surface area contributed by atoms with Crippen LogP contribution in [0.1, 0.15) is 0 Å². The number of sulfone groups is 1. The second-order valence-electron chi connectivity index (χ2n) is 4.93. The minimum Gasteiger partial charge on any atom is -0.593 e. The summed E-state index contributed by atoms with van der Waals surface area (Å²) in [5.74, 6) is -0.395. The quantitative estimate of drug-likeness (QED) is 0.538. The first kappa shape index (κ1) is 15.6. The summed E-state index contributed by atoms with van der Waals surface area (Å²) in [5.41, 5.74) is 1.52. The van der Waals surface area contributed by atoms with Gasteiger partial charge in [0.15, 0.2) is 9.84 Å². The highest BCUT2D eigenvalue weighted by Gasteiger charge is 2.22. The number of halogens is 1. The van der Waals surface area contributed by atoms with Crippen LogP contribution in [0.15, 0.2) is 53.4 Å². The predicted molar refractivity (Wildman–Crippen MR) is 85.0 cm³/mol. The van der Waals surface area contributed by atoms with E-state index in [0.29, 0.717) is 26.5 Å². The van der Waals surface area contributed by atoms with Crippen molar-refractivity contribution in [2.75, 3.05) is 6.26 Å². The second-order valence-corrected chi connectivity index (χ2v) is 7.70. The van der Waals surface area contributed by atoms with Gasteiger partial charge >= 0.3 is 0 Å². The van der Waals surface area contributed by atoms with Crippen molar-refractivity contribution in [2.45, 2.75) is 4.90 Å².